The molecule has 4 nitrogen and oxygen atoms in total. The van der Waals surface area contributed by atoms with Gasteiger partial charge in [0.15, 0.2) is 0 Å². The molecule has 0 aliphatic rings. The predicted molar refractivity (Wildman–Crippen MR) is 71.5 cm³/mol. The zero-order chi connectivity index (χ0) is 13.0. The van der Waals surface area contributed by atoms with Gasteiger partial charge in [-0.15, -0.1) is 0 Å². The van der Waals surface area contributed by atoms with E-state index in [1.807, 2.05) is 50.6 Å². The topological polar surface area (TPSA) is 53.1 Å². The average molecular weight is 245 g/mol. The van der Waals surface area contributed by atoms with Gasteiger partial charge in [-0.05, 0) is 30.2 Å². The van der Waals surface area contributed by atoms with Crippen LogP contribution in [0, 0.1) is 0 Å². The van der Waals surface area contributed by atoms with E-state index in [0.717, 1.165) is 17.7 Å². The first-order chi connectivity index (χ1) is 8.65. The first-order valence-corrected chi connectivity index (χ1v) is 6.11. The molecule has 1 atom stereocenters. The monoisotopic (exact) mass is 245 g/mol. The normalized spacial score (nSPS) is 12.4. The van der Waals surface area contributed by atoms with Gasteiger partial charge in [-0.2, -0.15) is 5.10 Å². The fourth-order valence-electron chi connectivity index (χ4n) is 1.78. The minimum absolute atomic E-state index is 0.0341. The third kappa shape index (κ3) is 3.34. The molecule has 0 bridgehead atoms. The molecule has 4 heteroatoms. The Morgan fingerprint density at radius 2 is 2.28 bits per heavy atom. The number of nitrogens with two attached hydrogens (primary N) is 1. The summed E-state index contributed by atoms with van der Waals surface area (Å²) in [7, 11) is 1.91. The van der Waals surface area contributed by atoms with Crippen LogP contribution in [0.3, 0.4) is 0 Å². The number of nitrogens with zero attached hydrogens (tertiary/aromatic N) is 2. The zero-order valence-corrected chi connectivity index (χ0v) is 10.8. The van der Waals surface area contributed by atoms with Gasteiger partial charge in [-0.3, -0.25) is 4.68 Å². The van der Waals surface area contributed by atoms with Crippen LogP contribution in [0.1, 0.15) is 24.1 Å². The Morgan fingerprint density at radius 1 is 1.44 bits per heavy atom. The van der Waals surface area contributed by atoms with Crippen LogP contribution in [-0.4, -0.2) is 16.4 Å². The Hall–Kier alpha value is -1.81. The largest absolute Gasteiger partial charge is 0.493 e. The SMILES string of the molecule is C[C@@H](N)c1cccc(OCCc2cnn(C)c2)c1. The molecule has 1 aromatic heterocycles. The lowest BCUT2D eigenvalue weighted by Crippen LogP contribution is -2.06. The van der Waals surface area contributed by atoms with E-state index in [1.54, 1.807) is 4.68 Å². The fraction of sp³-hybridized carbons (Fsp3) is 0.357. The van der Waals surface area contributed by atoms with Crippen LogP contribution in [0.15, 0.2) is 36.7 Å². The van der Waals surface area contributed by atoms with Crippen LogP contribution in [0.25, 0.3) is 0 Å². The number of rotatable bonds is 5. The summed E-state index contributed by atoms with van der Waals surface area (Å²) in [5, 5.41) is 4.12. The van der Waals surface area contributed by atoms with E-state index >= 15 is 0 Å². The molecular formula is C14H19N3O. The maximum absolute atomic E-state index is 5.84. The van der Waals surface area contributed by atoms with E-state index < -0.39 is 0 Å². The van der Waals surface area contributed by atoms with Crippen molar-refractivity contribution in [3.63, 3.8) is 0 Å². The van der Waals surface area contributed by atoms with Crippen molar-refractivity contribution in [2.24, 2.45) is 12.8 Å². The molecule has 0 fully saturated rings. The van der Waals surface area contributed by atoms with Crippen molar-refractivity contribution in [3.05, 3.63) is 47.8 Å². The highest BCUT2D eigenvalue weighted by Crippen LogP contribution is 2.17. The summed E-state index contributed by atoms with van der Waals surface area (Å²) in [5.41, 5.74) is 8.11. The van der Waals surface area contributed by atoms with Crippen LogP contribution in [0.5, 0.6) is 5.75 Å². The first-order valence-electron chi connectivity index (χ1n) is 6.11. The van der Waals surface area contributed by atoms with E-state index in [1.165, 1.54) is 5.56 Å². The van der Waals surface area contributed by atoms with Crippen LogP contribution in [-0.2, 0) is 13.5 Å². The van der Waals surface area contributed by atoms with Crippen LogP contribution in [0.4, 0.5) is 0 Å². The Balaban J connectivity index is 1.88. The van der Waals surface area contributed by atoms with E-state index in [9.17, 15) is 0 Å². The van der Waals surface area contributed by atoms with Gasteiger partial charge in [0.2, 0.25) is 0 Å². The maximum Gasteiger partial charge on any atom is 0.119 e. The Kier molecular flexibility index (Phi) is 3.99. The third-order valence-corrected chi connectivity index (χ3v) is 2.80. The van der Waals surface area contributed by atoms with Crippen molar-refractivity contribution >= 4 is 0 Å². The van der Waals surface area contributed by atoms with Crippen molar-refractivity contribution in [2.75, 3.05) is 6.61 Å². The number of aryl methyl sites for hydroxylation is 1. The molecule has 18 heavy (non-hydrogen) atoms. The van der Waals surface area contributed by atoms with Crippen LogP contribution in [0.2, 0.25) is 0 Å². The molecule has 0 spiro atoms. The van der Waals surface area contributed by atoms with Gasteiger partial charge >= 0.3 is 0 Å². The Morgan fingerprint density at radius 3 is 2.94 bits per heavy atom. The molecular weight excluding hydrogens is 226 g/mol. The van der Waals surface area contributed by atoms with E-state index in [2.05, 4.69) is 5.10 Å². The Bertz CT molecular complexity index is 505. The lowest BCUT2D eigenvalue weighted by Gasteiger charge is -2.09. The maximum atomic E-state index is 5.84. The summed E-state index contributed by atoms with van der Waals surface area (Å²) >= 11 is 0. The van der Waals surface area contributed by atoms with E-state index in [4.69, 9.17) is 10.5 Å². The molecule has 2 N–H and O–H groups in total. The molecule has 0 aliphatic heterocycles. The minimum Gasteiger partial charge on any atom is -0.493 e. The molecule has 1 heterocycles. The first kappa shape index (κ1) is 12.6. The number of ether oxygens (including phenoxy) is 1. The summed E-state index contributed by atoms with van der Waals surface area (Å²) in [6, 6.07) is 7.96. The van der Waals surface area contributed by atoms with Crippen molar-refractivity contribution < 1.29 is 4.74 Å². The van der Waals surface area contributed by atoms with Gasteiger partial charge in [0, 0.05) is 25.7 Å². The molecule has 2 rings (SSSR count). The lowest BCUT2D eigenvalue weighted by molar-refractivity contribution is 0.321. The Labute approximate surface area is 107 Å². The van der Waals surface area contributed by atoms with Gasteiger partial charge < -0.3 is 10.5 Å². The van der Waals surface area contributed by atoms with Crippen LogP contribution < -0.4 is 10.5 Å². The summed E-state index contributed by atoms with van der Waals surface area (Å²) in [6.07, 6.45) is 4.72. The number of aromatic nitrogens is 2. The van der Waals surface area contributed by atoms with Crippen molar-refractivity contribution in [1.29, 1.82) is 0 Å². The van der Waals surface area contributed by atoms with Gasteiger partial charge in [0.1, 0.15) is 5.75 Å². The second-order valence-corrected chi connectivity index (χ2v) is 4.48. The van der Waals surface area contributed by atoms with E-state index in [-0.39, 0.29) is 6.04 Å². The predicted octanol–water partition coefficient (Wildman–Crippen LogP) is 2.06. The minimum atomic E-state index is 0.0341. The molecule has 0 amide bonds. The highest BCUT2D eigenvalue weighted by molar-refractivity contribution is 5.30. The highest BCUT2D eigenvalue weighted by atomic mass is 16.5. The second-order valence-electron chi connectivity index (χ2n) is 4.48. The molecule has 0 aliphatic carbocycles. The summed E-state index contributed by atoms with van der Waals surface area (Å²) in [4.78, 5) is 0. The van der Waals surface area contributed by atoms with Gasteiger partial charge in [0.25, 0.3) is 0 Å². The molecule has 0 saturated heterocycles. The zero-order valence-electron chi connectivity index (χ0n) is 10.8. The molecule has 1 aromatic carbocycles. The number of hydrogen-bond donors (Lipinski definition) is 1. The van der Waals surface area contributed by atoms with Gasteiger partial charge in [0.05, 0.1) is 12.8 Å². The highest BCUT2D eigenvalue weighted by Gasteiger charge is 2.02. The summed E-state index contributed by atoms with van der Waals surface area (Å²) in [6.45, 7) is 2.61. The van der Waals surface area contributed by atoms with Crippen LogP contribution >= 0.6 is 0 Å². The van der Waals surface area contributed by atoms with Gasteiger partial charge in [-0.25, -0.2) is 0 Å². The molecule has 2 aromatic rings. The van der Waals surface area contributed by atoms with Crippen molar-refractivity contribution in [2.45, 2.75) is 19.4 Å². The summed E-state index contributed by atoms with van der Waals surface area (Å²) < 4.78 is 7.52. The average Bonchev–Trinajstić information content (AvgIpc) is 2.75. The molecule has 96 valence electrons. The van der Waals surface area contributed by atoms with E-state index in [0.29, 0.717) is 6.61 Å². The molecule has 0 unspecified atom stereocenters. The summed E-state index contributed by atoms with van der Waals surface area (Å²) in [5.74, 6) is 0.869. The quantitative estimate of drug-likeness (QED) is 0.877. The molecule has 0 radical (unpaired) electrons. The van der Waals surface area contributed by atoms with Gasteiger partial charge in [-0.1, -0.05) is 12.1 Å². The third-order valence-electron chi connectivity index (χ3n) is 2.80. The number of benzene rings is 1. The lowest BCUT2D eigenvalue weighted by atomic mass is 10.1. The number of hydrogen-bond acceptors (Lipinski definition) is 3. The molecule has 0 saturated carbocycles. The van der Waals surface area contributed by atoms with Crippen molar-refractivity contribution in [3.8, 4) is 5.75 Å². The second kappa shape index (κ2) is 5.69. The standard InChI is InChI=1S/C14H19N3O/c1-11(15)13-4-3-5-14(8-13)18-7-6-12-9-16-17(2)10-12/h3-5,8-11H,6-7,15H2,1-2H3/t11-/m1/s1. The fourth-order valence-corrected chi connectivity index (χ4v) is 1.78. The van der Waals surface area contributed by atoms with Crippen molar-refractivity contribution in [1.82, 2.24) is 9.78 Å². The smallest absolute Gasteiger partial charge is 0.119 e.